The zero-order valence-electron chi connectivity index (χ0n) is 18.6. The molecule has 0 N–H and O–H groups in total. The zero-order chi connectivity index (χ0) is 21.9. The van der Waals surface area contributed by atoms with E-state index in [1.807, 2.05) is 73.9 Å². The SMILES string of the molecule is Cc1oc(-c2cccc(Oc3ccccc3)c2)nc1CN1CCCC[C@@H]1c1nccn1C. The molecule has 2 aromatic carbocycles. The van der Waals surface area contributed by atoms with E-state index in [0.717, 1.165) is 53.9 Å². The first-order chi connectivity index (χ1) is 15.7. The van der Waals surface area contributed by atoms with Crippen LogP contribution in [0, 0.1) is 6.92 Å². The first-order valence-corrected chi connectivity index (χ1v) is 11.2. The standard InChI is InChI=1S/C26H28N4O2/c1-19-23(18-30-15-7-6-13-24(30)25-27-14-16-29(25)2)28-26(31-19)20-9-8-12-22(17-20)32-21-10-4-3-5-11-21/h3-5,8-12,14,16-17,24H,6-7,13,15,18H2,1-2H3/t24-/m1/s1. The van der Waals surface area contributed by atoms with E-state index in [4.69, 9.17) is 14.1 Å². The molecule has 0 amide bonds. The maximum atomic E-state index is 6.08. The number of oxazole rings is 1. The van der Waals surface area contributed by atoms with E-state index >= 15 is 0 Å². The number of hydrogen-bond acceptors (Lipinski definition) is 5. The zero-order valence-corrected chi connectivity index (χ0v) is 18.6. The van der Waals surface area contributed by atoms with E-state index in [-0.39, 0.29) is 0 Å². The van der Waals surface area contributed by atoms with Crippen molar-refractivity contribution in [2.45, 2.75) is 38.8 Å². The van der Waals surface area contributed by atoms with Crippen molar-refractivity contribution in [3.05, 3.63) is 84.3 Å². The minimum absolute atomic E-state index is 0.311. The van der Waals surface area contributed by atoms with Gasteiger partial charge in [0, 0.05) is 31.5 Å². The van der Waals surface area contributed by atoms with Crippen LogP contribution in [-0.2, 0) is 13.6 Å². The number of hydrogen-bond donors (Lipinski definition) is 0. The molecule has 0 radical (unpaired) electrons. The Balaban J connectivity index is 1.36. The van der Waals surface area contributed by atoms with Gasteiger partial charge in [-0.3, -0.25) is 4.90 Å². The second-order valence-corrected chi connectivity index (χ2v) is 8.34. The lowest BCUT2D eigenvalue weighted by Crippen LogP contribution is -2.34. The van der Waals surface area contributed by atoms with E-state index in [0.29, 0.717) is 11.9 Å². The minimum Gasteiger partial charge on any atom is -0.457 e. The van der Waals surface area contributed by atoms with Crippen molar-refractivity contribution in [3.63, 3.8) is 0 Å². The van der Waals surface area contributed by atoms with E-state index in [1.54, 1.807) is 0 Å². The molecule has 0 bridgehead atoms. The summed E-state index contributed by atoms with van der Waals surface area (Å²) >= 11 is 0. The second kappa shape index (κ2) is 9.01. The topological polar surface area (TPSA) is 56.3 Å². The molecule has 1 saturated heterocycles. The third-order valence-corrected chi connectivity index (χ3v) is 6.08. The highest BCUT2D eigenvalue weighted by Crippen LogP contribution is 2.33. The Bertz CT molecular complexity index is 1180. The third-order valence-electron chi connectivity index (χ3n) is 6.08. The van der Waals surface area contributed by atoms with Gasteiger partial charge in [0.15, 0.2) is 0 Å². The van der Waals surface area contributed by atoms with Crippen molar-refractivity contribution in [3.8, 4) is 23.0 Å². The van der Waals surface area contributed by atoms with Gasteiger partial charge in [0.1, 0.15) is 23.1 Å². The summed E-state index contributed by atoms with van der Waals surface area (Å²) in [4.78, 5) is 12.0. The predicted octanol–water partition coefficient (Wildman–Crippen LogP) is 5.90. The molecule has 5 rings (SSSR count). The molecule has 1 aliphatic rings. The number of aromatic nitrogens is 3. The van der Waals surface area contributed by atoms with Gasteiger partial charge in [0.2, 0.25) is 5.89 Å². The Morgan fingerprint density at radius 1 is 1.06 bits per heavy atom. The Labute approximate surface area is 188 Å². The van der Waals surface area contributed by atoms with Crippen LogP contribution in [0.3, 0.4) is 0 Å². The van der Waals surface area contributed by atoms with Crippen LogP contribution >= 0.6 is 0 Å². The summed E-state index contributed by atoms with van der Waals surface area (Å²) in [6.45, 7) is 3.79. The molecule has 0 spiro atoms. The number of piperidine rings is 1. The molecule has 32 heavy (non-hydrogen) atoms. The van der Waals surface area contributed by atoms with Crippen LogP contribution in [0.15, 0.2) is 71.4 Å². The number of likely N-dealkylation sites (tertiary alicyclic amines) is 1. The molecule has 0 aliphatic carbocycles. The fourth-order valence-electron chi connectivity index (χ4n) is 4.38. The minimum atomic E-state index is 0.311. The smallest absolute Gasteiger partial charge is 0.226 e. The maximum Gasteiger partial charge on any atom is 0.226 e. The molecule has 4 aromatic rings. The second-order valence-electron chi connectivity index (χ2n) is 8.34. The molecule has 1 atom stereocenters. The van der Waals surface area contributed by atoms with E-state index < -0.39 is 0 Å². The lowest BCUT2D eigenvalue weighted by molar-refractivity contribution is 0.129. The largest absolute Gasteiger partial charge is 0.457 e. The van der Waals surface area contributed by atoms with E-state index in [2.05, 4.69) is 21.5 Å². The predicted molar refractivity (Wildman–Crippen MR) is 123 cm³/mol. The highest BCUT2D eigenvalue weighted by Gasteiger charge is 2.28. The van der Waals surface area contributed by atoms with Crippen molar-refractivity contribution in [1.29, 1.82) is 0 Å². The monoisotopic (exact) mass is 428 g/mol. The van der Waals surface area contributed by atoms with Crippen LogP contribution in [0.1, 0.15) is 42.6 Å². The molecule has 2 aromatic heterocycles. The van der Waals surface area contributed by atoms with Crippen LogP contribution in [0.25, 0.3) is 11.5 Å². The quantitative estimate of drug-likeness (QED) is 0.382. The van der Waals surface area contributed by atoms with Crippen molar-refractivity contribution in [2.24, 2.45) is 7.05 Å². The van der Waals surface area contributed by atoms with Crippen molar-refractivity contribution in [1.82, 2.24) is 19.4 Å². The molecule has 3 heterocycles. The van der Waals surface area contributed by atoms with E-state index in [9.17, 15) is 0 Å². The van der Waals surface area contributed by atoms with Gasteiger partial charge in [0.25, 0.3) is 0 Å². The van der Waals surface area contributed by atoms with Gasteiger partial charge in [-0.15, -0.1) is 0 Å². The molecule has 0 saturated carbocycles. The number of benzene rings is 2. The first-order valence-electron chi connectivity index (χ1n) is 11.2. The Hall–Kier alpha value is -3.38. The molecule has 164 valence electrons. The first kappa shape index (κ1) is 20.5. The average molecular weight is 429 g/mol. The Kier molecular flexibility index (Phi) is 5.77. The molecule has 1 aliphatic heterocycles. The summed E-state index contributed by atoms with van der Waals surface area (Å²) in [5.41, 5.74) is 1.89. The molecular formula is C26H28N4O2. The van der Waals surface area contributed by atoms with Crippen LogP contribution in [0.2, 0.25) is 0 Å². The summed E-state index contributed by atoms with van der Waals surface area (Å²) in [5.74, 6) is 4.17. The van der Waals surface area contributed by atoms with Gasteiger partial charge in [-0.2, -0.15) is 0 Å². The van der Waals surface area contributed by atoms with Crippen molar-refractivity contribution in [2.75, 3.05) is 6.54 Å². The van der Waals surface area contributed by atoms with Gasteiger partial charge in [-0.1, -0.05) is 30.7 Å². The third kappa shape index (κ3) is 4.32. The molecule has 6 heteroatoms. The van der Waals surface area contributed by atoms with Gasteiger partial charge in [-0.05, 0) is 56.6 Å². The number of aryl methyl sites for hydroxylation is 2. The Morgan fingerprint density at radius 2 is 1.91 bits per heavy atom. The number of imidazole rings is 1. The molecule has 0 unspecified atom stereocenters. The van der Waals surface area contributed by atoms with Crippen LogP contribution in [0.5, 0.6) is 11.5 Å². The summed E-state index contributed by atoms with van der Waals surface area (Å²) < 4.78 is 14.2. The van der Waals surface area contributed by atoms with E-state index in [1.165, 1.54) is 12.8 Å². The fourth-order valence-corrected chi connectivity index (χ4v) is 4.38. The number of para-hydroxylation sites is 1. The molecule has 1 fully saturated rings. The fraction of sp³-hybridized carbons (Fsp3) is 0.308. The summed E-state index contributed by atoms with van der Waals surface area (Å²) in [5, 5.41) is 0. The van der Waals surface area contributed by atoms with Crippen LogP contribution < -0.4 is 4.74 Å². The lowest BCUT2D eigenvalue weighted by atomic mass is 10.0. The number of nitrogens with zero attached hydrogens (tertiary/aromatic N) is 4. The summed E-state index contributed by atoms with van der Waals surface area (Å²) in [7, 11) is 2.07. The van der Waals surface area contributed by atoms with Crippen molar-refractivity contribution < 1.29 is 9.15 Å². The normalized spacial score (nSPS) is 16.9. The highest BCUT2D eigenvalue weighted by atomic mass is 16.5. The molecule has 6 nitrogen and oxygen atoms in total. The highest BCUT2D eigenvalue weighted by molar-refractivity contribution is 5.57. The number of ether oxygens (including phenoxy) is 1. The van der Waals surface area contributed by atoms with Crippen molar-refractivity contribution >= 4 is 0 Å². The van der Waals surface area contributed by atoms with Gasteiger partial charge in [-0.25, -0.2) is 9.97 Å². The number of rotatable bonds is 6. The van der Waals surface area contributed by atoms with Gasteiger partial charge < -0.3 is 13.7 Å². The average Bonchev–Trinajstić information content (AvgIpc) is 3.40. The summed E-state index contributed by atoms with van der Waals surface area (Å²) in [6.07, 6.45) is 7.44. The van der Waals surface area contributed by atoms with Gasteiger partial charge in [0.05, 0.1) is 11.7 Å². The maximum absolute atomic E-state index is 6.08. The van der Waals surface area contributed by atoms with Crippen LogP contribution in [0.4, 0.5) is 0 Å². The summed E-state index contributed by atoms with van der Waals surface area (Å²) in [6, 6.07) is 18.0. The van der Waals surface area contributed by atoms with Crippen LogP contribution in [-0.4, -0.2) is 26.0 Å². The Morgan fingerprint density at radius 3 is 2.72 bits per heavy atom. The lowest BCUT2D eigenvalue weighted by Gasteiger charge is -2.34. The van der Waals surface area contributed by atoms with Gasteiger partial charge >= 0.3 is 0 Å². The molecular weight excluding hydrogens is 400 g/mol.